The molecule has 0 radical (unpaired) electrons. The largest absolute Gasteiger partial charge is 0.378 e. The molecule has 0 aromatic carbocycles. The molecule has 0 aromatic heterocycles. The van der Waals surface area contributed by atoms with E-state index in [1.807, 2.05) is 0 Å². The van der Waals surface area contributed by atoms with Gasteiger partial charge >= 0.3 is 0 Å². The van der Waals surface area contributed by atoms with Crippen molar-refractivity contribution < 1.29 is 4.74 Å². The molecule has 0 aromatic rings. The Bertz CT molecular complexity index is 203. The summed E-state index contributed by atoms with van der Waals surface area (Å²) >= 11 is 0. The van der Waals surface area contributed by atoms with E-state index in [-0.39, 0.29) is 0 Å². The fourth-order valence-electron chi connectivity index (χ4n) is 2.19. The molecule has 1 fully saturated rings. The average molecular weight is 223 g/mol. The molecular formula is C14H25NO. The van der Waals surface area contributed by atoms with Crippen molar-refractivity contribution in [3.63, 3.8) is 0 Å². The lowest BCUT2D eigenvalue weighted by Crippen LogP contribution is -2.31. The van der Waals surface area contributed by atoms with E-state index in [0.717, 1.165) is 32.4 Å². The van der Waals surface area contributed by atoms with E-state index in [2.05, 4.69) is 18.2 Å². The van der Waals surface area contributed by atoms with Gasteiger partial charge in [-0.2, -0.15) is 0 Å². The van der Waals surface area contributed by atoms with E-state index in [1.54, 1.807) is 0 Å². The zero-order chi connectivity index (χ0) is 11.6. The first kappa shape index (κ1) is 13.5. The van der Waals surface area contributed by atoms with E-state index >= 15 is 0 Å². The van der Waals surface area contributed by atoms with Crippen molar-refractivity contribution in [2.24, 2.45) is 0 Å². The van der Waals surface area contributed by atoms with Crippen molar-refractivity contribution >= 4 is 0 Å². The average Bonchev–Trinajstić information content (AvgIpc) is 2.34. The van der Waals surface area contributed by atoms with Crippen molar-refractivity contribution in [2.45, 2.75) is 64.0 Å². The molecule has 2 atom stereocenters. The summed E-state index contributed by atoms with van der Waals surface area (Å²) in [5.41, 5.74) is 0. The third kappa shape index (κ3) is 5.53. The highest BCUT2D eigenvalue weighted by Gasteiger charge is 2.15. The Labute approximate surface area is 100 Å². The summed E-state index contributed by atoms with van der Waals surface area (Å²) in [5.74, 6) is 2.76. The molecule has 0 saturated carbocycles. The summed E-state index contributed by atoms with van der Waals surface area (Å²) in [6.07, 6.45) is 14.0. The molecule has 1 rings (SSSR count). The predicted molar refractivity (Wildman–Crippen MR) is 68.4 cm³/mol. The van der Waals surface area contributed by atoms with Crippen LogP contribution >= 0.6 is 0 Å². The Morgan fingerprint density at radius 1 is 1.50 bits per heavy atom. The molecule has 2 nitrogen and oxygen atoms in total. The monoisotopic (exact) mass is 223 g/mol. The van der Waals surface area contributed by atoms with Gasteiger partial charge in [0.2, 0.25) is 0 Å². The van der Waals surface area contributed by atoms with Crippen LogP contribution in [0.25, 0.3) is 0 Å². The van der Waals surface area contributed by atoms with Crippen molar-refractivity contribution in [3.05, 3.63) is 0 Å². The number of rotatable bonds is 7. The maximum Gasteiger partial charge on any atom is 0.0575 e. The molecule has 1 saturated heterocycles. The second-order valence-electron chi connectivity index (χ2n) is 4.63. The summed E-state index contributed by atoms with van der Waals surface area (Å²) in [5, 5.41) is 3.51. The predicted octanol–water partition coefficient (Wildman–Crippen LogP) is 2.73. The zero-order valence-electron chi connectivity index (χ0n) is 10.5. The van der Waals surface area contributed by atoms with Crippen LogP contribution in [0.2, 0.25) is 0 Å². The summed E-state index contributed by atoms with van der Waals surface area (Å²) in [6, 6.07) is 0.482. The first-order valence-corrected chi connectivity index (χ1v) is 6.65. The third-order valence-corrected chi connectivity index (χ3v) is 3.16. The molecule has 0 aliphatic carbocycles. The van der Waals surface area contributed by atoms with E-state index in [0.29, 0.717) is 12.1 Å². The normalized spacial score (nSPS) is 22.6. The van der Waals surface area contributed by atoms with Crippen molar-refractivity contribution in [1.82, 2.24) is 5.32 Å². The van der Waals surface area contributed by atoms with E-state index in [4.69, 9.17) is 11.2 Å². The summed E-state index contributed by atoms with van der Waals surface area (Å²) < 4.78 is 5.73. The quantitative estimate of drug-likeness (QED) is 0.670. The molecule has 1 aliphatic rings. The standard InChI is InChI=1S/C14H25NO/c1-3-7-13(15-11-4-2)9-10-14-8-5-6-12-16-14/h1,13-15H,4-12H2,2H3. The molecule has 16 heavy (non-hydrogen) atoms. The summed E-state index contributed by atoms with van der Waals surface area (Å²) in [4.78, 5) is 0. The minimum absolute atomic E-state index is 0.482. The first-order valence-electron chi connectivity index (χ1n) is 6.65. The van der Waals surface area contributed by atoms with Gasteiger partial charge < -0.3 is 10.1 Å². The molecule has 92 valence electrons. The van der Waals surface area contributed by atoms with Crippen LogP contribution < -0.4 is 5.32 Å². The lowest BCUT2D eigenvalue weighted by molar-refractivity contribution is 0.00866. The zero-order valence-corrected chi connectivity index (χ0v) is 10.5. The molecule has 1 aliphatic heterocycles. The lowest BCUT2D eigenvalue weighted by Gasteiger charge is -2.24. The molecule has 0 spiro atoms. The van der Waals surface area contributed by atoms with Gasteiger partial charge in [-0.3, -0.25) is 0 Å². The minimum Gasteiger partial charge on any atom is -0.378 e. The second kappa shape index (κ2) is 8.61. The van der Waals surface area contributed by atoms with Crippen molar-refractivity contribution in [3.8, 4) is 12.3 Å². The Kier molecular flexibility index (Phi) is 7.29. The van der Waals surface area contributed by atoms with E-state index in [9.17, 15) is 0 Å². The number of ether oxygens (including phenoxy) is 1. The Hall–Kier alpha value is -0.520. The van der Waals surface area contributed by atoms with E-state index < -0.39 is 0 Å². The highest BCUT2D eigenvalue weighted by molar-refractivity contribution is 4.90. The van der Waals surface area contributed by atoms with Gasteiger partial charge in [0.25, 0.3) is 0 Å². The van der Waals surface area contributed by atoms with Crippen LogP contribution in [0.1, 0.15) is 51.9 Å². The lowest BCUT2D eigenvalue weighted by atomic mass is 10.0. The number of hydrogen-bond donors (Lipinski definition) is 1. The van der Waals surface area contributed by atoms with Crippen LogP contribution in [0.5, 0.6) is 0 Å². The maximum atomic E-state index is 5.73. The van der Waals surface area contributed by atoms with Gasteiger partial charge in [0.15, 0.2) is 0 Å². The summed E-state index contributed by atoms with van der Waals surface area (Å²) in [6.45, 7) is 4.20. The highest BCUT2D eigenvalue weighted by Crippen LogP contribution is 2.18. The smallest absolute Gasteiger partial charge is 0.0575 e. The Morgan fingerprint density at radius 3 is 3.00 bits per heavy atom. The SMILES string of the molecule is C#CCC(CCC1CCCCO1)NCCC. The van der Waals surface area contributed by atoms with Crippen LogP contribution in [0, 0.1) is 12.3 Å². The molecule has 2 unspecified atom stereocenters. The third-order valence-electron chi connectivity index (χ3n) is 3.16. The topological polar surface area (TPSA) is 21.3 Å². The maximum absolute atomic E-state index is 5.73. The second-order valence-corrected chi connectivity index (χ2v) is 4.63. The van der Waals surface area contributed by atoms with E-state index in [1.165, 1.54) is 25.7 Å². The number of hydrogen-bond acceptors (Lipinski definition) is 2. The van der Waals surface area contributed by atoms with Gasteiger partial charge in [-0.15, -0.1) is 12.3 Å². The van der Waals surface area contributed by atoms with Crippen LogP contribution in [0.15, 0.2) is 0 Å². The van der Waals surface area contributed by atoms with Crippen LogP contribution in [-0.2, 0) is 4.74 Å². The Morgan fingerprint density at radius 2 is 2.38 bits per heavy atom. The highest BCUT2D eigenvalue weighted by atomic mass is 16.5. The fourth-order valence-corrected chi connectivity index (χ4v) is 2.19. The molecule has 1 heterocycles. The molecule has 0 bridgehead atoms. The van der Waals surface area contributed by atoms with Crippen LogP contribution in [0.4, 0.5) is 0 Å². The molecule has 2 heteroatoms. The van der Waals surface area contributed by atoms with Crippen LogP contribution in [-0.4, -0.2) is 25.3 Å². The van der Waals surface area contributed by atoms with Gasteiger partial charge in [-0.1, -0.05) is 6.92 Å². The van der Waals surface area contributed by atoms with Crippen molar-refractivity contribution in [1.29, 1.82) is 0 Å². The summed E-state index contributed by atoms with van der Waals surface area (Å²) in [7, 11) is 0. The Balaban J connectivity index is 2.17. The first-order chi connectivity index (χ1) is 7.86. The van der Waals surface area contributed by atoms with Gasteiger partial charge in [0.1, 0.15) is 0 Å². The van der Waals surface area contributed by atoms with Gasteiger partial charge in [-0.25, -0.2) is 0 Å². The van der Waals surface area contributed by atoms with Gasteiger partial charge in [0.05, 0.1) is 6.10 Å². The van der Waals surface area contributed by atoms with Gasteiger partial charge in [-0.05, 0) is 45.1 Å². The molecule has 1 N–H and O–H groups in total. The van der Waals surface area contributed by atoms with Crippen LogP contribution in [0.3, 0.4) is 0 Å². The number of nitrogens with one attached hydrogen (secondary N) is 1. The molecule has 0 amide bonds. The fraction of sp³-hybridized carbons (Fsp3) is 0.857. The minimum atomic E-state index is 0.482. The number of terminal acetylenes is 1. The van der Waals surface area contributed by atoms with Crippen molar-refractivity contribution in [2.75, 3.05) is 13.2 Å². The molecular weight excluding hydrogens is 198 g/mol. The van der Waals surface area contributed by atoms with Gasteiger partial charge in [0, 0.05) is 19.1 Å².